The van der Waals surface area contributed by atoms with Gasteiger partial charge in [0, 0.05) is 18.7 Å². The Morgan fingerprint density at radius 1 is 1.33 bits per heavy atom. The molecule has 0 aromatic carbocycles. The molecule has 7 heteroatoms. The van der Waals surface area contributed by atoms with Crippen LogP contribution < -0.4 is 0 Å². The van der Waals surface area contributed by atoms with Crippen molar-refractivity contribution in [1.82, 2.24) is 15.0 Å². The summed E-state index contributed by atoms with van der Waals surface area (Å²) < 4.78 is 5.36. The molecule has 0 saturated heterocycles. The number of hydrogen-bond donors (Lipinski definition) is 1. The van der Waals surface area contributed by atoms with E-state index in [1.54, 1.807) is 6.07 Å². The first-order chi connectivity index (χ1) is 11.3. The molecule has 0 aliphatic heterocycles. The van der Waals surface area contributed by atoms with Crippen molar-refractivity contribution in [1.29, 1.82) is 0 Å². The zero-order valence-corrected chi connectivity index (χ0v) is 14.2. The Balaban J connectivity index is 2.14. The van der Waals surface area contributed by atoms with Gasteiger partial charge < -0.3 is 14.5 Å². The van der Waals surface area contributed by atoms with E-state index in [2.05, 4.69) is 10.1 Å². The molecule has 1 unspecified atom stereocenters. The van der Waals surface area contributed by atoms with Gasteiger partial charge in [-0.1, -0.05) is 19.0 Å². The lowest BCUT2D eigenvalue weighted by Crippen LogP contribution is -2.40. The summed E-state index contributed by atoms with van der Waals surface area (Å²) >= 11 is 0. The lowest BCUT2D eigenvalue weighted by atomic mass is 10.0. The summed E-state index contributed by atoms with van der Waals surface area (Å²) in [5.74, 6) is -0.999. The van der Waals surface area contributed by atoms with E-state index in [0.717, 1.165) is 18.5 Å². The SMILES string of the molecule is CC(C)c1noc2nc(C3CC3)cc(C(=O)N(C)C(C)C(=O)O)c12. The van der Waals surface area contributed by atoms with Crippen molar-refractivity contribution in [3.05, 3.63) is 23.0 Å². The number of rotatable bonds is 5. The highest BCUT2D eigenvalue weighted by atomic mass is 16.5. The molecule has 2 heterocycles. The molecule has 2 aromatic heterocycles. The molecular formula is C17H21N3O4. The van der Waals surface area contributed by atoms with Crippen molar-refractivity contribution in [3.63, 3.8) is 0 Å². The maximum Gasteiger partial charge on any atom is 0.326 e. The minimum absolute atomic E-state index is 0.0635. The molecule has 2 aromatic rings. The summed E-state index contributed by atoms with van der Waals surface area (Å²) in [6.07, 6.45) is 2.08. The average Bonchev–Trinajstić information content (AvgIpc) is 3.30. The van der Waals surface area contributed by atoms with E-state index in [1.165, 1.54) is 18.9 Å². The molecule has 1 saturated carbocycles. The maximum atomic E-state index is 12.9. The lowest BCUT2D eigenvalue weighted by molar-refractivity contribution is -0.141. The van der Waals surface area contributed by atoms with Crippen LogP contribution >= 0.6 is 0 Å². The second kappa shape index (κ2) is 5.89. The van der Waals surface area contributed by atoms with Gasteiger partial charge in [0.1, 0.15) is 6.04 Å². The van der Waals surface area contributed by atoms with Crippen molar-refractivity contribution in [2.45, 2.75) is 51.5 Å². The largest absolute Gasteiger partial charge is 0.480 e. The third-order valence-electron chi connectivity index (χ3n) is 4.52. The zero-order valence-electron chi connectivity index (χ0n) is 14.2. The molecule has 1 aliphatic rings. The number of amides is 1. The minimum Gasteiger partial charge on any atom is -0.480 e. The second-order valence-electron chi connectivity index (χ2n) is 6.70. The number of fused-ring (bicyclic) bond motifs is 1. The smallest absolute Gasteiger partial charge is 0.326 e. The fourth-order valence-corrected chi connectivity index (χ4v) is 2.67. The van der Waals surface area contributed by atoms with Gasteiger partial charge in [0.25, 0.3) is 11.6 Å². The Kier molecular flexibility index (Phi) is 4.03. The van der Waals surface area contributed by atoms with Crippen LogP contribution in [0.15, 0.2) is 10.6 Å². The van der Waals surface area contributed by atoms with E-state index < -0.39 is 12.0 Å². The van der Waals surface area contributed by atoms with E-state index in [0.29, 0.717) is 28.3 Å². The Bertz CT molecular complexity index is 808. The highest BCUT2D eigenvalue weighted by Crippen LogP contribution is 2.41. The number of nitrogens with zero attached hydrogens (tertiary/aromatic N) is 3. The minimum atomic E-state index is -1.05. The van der Waals surface area contributed by atoms with Crippen LogP contribution in [-0.2, 0) is 4.79 Å². The molecule has 128 valence electrons. The second-order valence-corrected chi connectivity index (χ2v) is 6.70. The molecule has 24 heavy (non-hydrogen) atoms. The number of pyridine rings is 1. The Morgan fingerprint density at radius 2 is 2.00 bits per heavy atom. The number of likely N-dealkylation sites (N-methyl/N-ethyl adjacent to an activating group) is 1. The van der Waals surface area contributed by atoms with Crippen molar-refractivity contribution in [2.75, 3.05) is 7.05 Å². The van der Waals surface area contributed by atoms with Crippen molar-refractivity contribution in [2.24, 2.45) is 0 Å². The number of carboxylic acids is 1. The van der Waals surface area contributed by atoms with Crippen molar-refractivity contribution < 1.29 is 19.2 Å². The van der Waals surface area contributed by atoms with Gasteiger partial charge >= 0.3 is 5.97 Å². The Hall–Kier alpha value is -2.44. The van der Waals surface area contributed by atoms with Crippen LogP contribution in [0, 0.1) is 0 Å². The van der Waals surface area contributed by atoms with Gasteiger partial charge in [0.05, 0.1) is 16.6 Å². The summed E-state index contributed by atoms with van der Waals surface area (Å²) in [6, 6.07) is 0.851. The van der Waals surface area contributed by atoms with Gasteiger partial charge in [0.15, 0.2) is 0 Å². The molecule has 1 N–H and O–H groups in total. The predicted molar refractivity (Wildman–Crippen MR) is 87.1 cm³/mol. The number of carboxylic acid groups (broad SMARTS) is 1. The molecule has 1 aliphatic carbocycles. The topological polar surface area (TPSA) is 96.5 Å². The highest BCUT2D eigenvalue weighted by molar-refractivity contribution is 6.07. The standard InChI is InChI=1S/C17H21N3O4/c1-8(2)14-13-11(16(21)20(4)9(3)17(22)23)7-12(10-5-6-10)18-15(13)24-19-14/h7-10H,5-6H2,1-4H3,(H,22,23). The van der Waals surface area contributed by atoms with Crippen LogP contribution in [0.2, 0.25) is 0 Å². The monoisotopic (exact) mass is 331 g/mol. The average molecular weight is 331 g/mol. The number of carbonyl (C=O) groups excluding carboxylic acids is 1. The van der Waals surface area contributed by atoms with Gasteiger partial charge in [-0.05, 0) is 31.7 Å². The maximum absolute atomic E-state index is 12.9. The third kappa shape index (κ3) is 2.74. The Morgan fingerprint density at radius 3 is 2.54 bits per heavy atom. The molecule has 0 bridgehead atoms. The fourth-order valence-electron chi connectivity index (χ4n) is 2.67. The van der Waals surface area contributed by atoms with E-state index in [9.17, 15) is 14.7 Å². The first kappa shape index (κ1) is 16.4. The van der Waals surface area contributed by atoms with Gasteiger partial charge in [-0.3, -0.25) is 4.79 Å². The molecule has 7 nitrogen and oxygen atoms in total. The predicted octanol–water partition coefficient (Wildman–Crippen LogP) is 2.77. The number of hydrogen-bond acceptors (Lipinski definition) is 5. The highest BCUT2D eigenvalue weighted by Gasteiger charge is 2.31. The number of aliphatic carboxylic acids is 1. The van der Waals surface area contributed by atoms with Crippen molar-refractivity contribution >= 4 is 23.0 Å². The summed E-state index contributed by atoms with van der Waals surface area (Å²) in [4.78, 5) is 29.9. The summed E-state index contributed by atoms with van der Waals surface area (Å²) in [6.45, 7) is 5.41. The van der Waals surface area contributed by atoms with Crippen molar-refractivity contribution in [3.8, 4) is 0 Å². The first-order valence-electron chi connectivity index (χ1n) is 8.11. The number of carbonyl (C=O) groups is 2. The van der Waals surface area contributed by atoms with E-state index >= 15 is 0 Å². The molecule has 0 spiro atoms. The molecular weight excluding hydrogens is 310 g/mol. The number of aromatic nitrogens is 2. The zero-order chi connectivity index (χ0) is 17.6. The summed E-state index contributed by atoms with van der Waals surface area (Å²) in [5, 5.41) is 13.8. The van der Waals surface area contributed by atoms with E-state index in [4.69, 9.17) is 4.52 Å². The molecule has 1 amide bonds. The lowest BCUT2D eigenvalue weighted by Gasteiger charge is -2.22. The summed E-state index contributed by atoms with van der Waals surface area (Å²) in [5.41, 5.74) is 2.25. The van der Waals surface area contributed by atoms with Gasteiger partial charge in [0.2, 0.25) is 0 Å². The molecule has 3 rings (SSSR count). The fraction of sp³-hybridized carbons (Fsp3) is 0.529. The van der Waals surface area contributed by atoms with Gasteiger partial charge in [-0.25, -0.2) is 9.78 Å². The Labute approximate surface area is 139 Å². The van der Waals surface area contributed by atoms with Crippen LogP contribution in [0.4, 0.5) is 0 Å². The quantitative estimate of drug-likeness (QED) is 0.905. The normalized spacial score (nSPS) is 15.7. The van der Waals surface area contributed by atoms with Gasteiger partial charge in [-0.2, -0.15) is 0 Å². The van der Waals surface area contributed by atoms with Crippen LogP contribution in [0.1, 0.15) is 67.2 Å². The van der Waals surface area contributed by atoms with Gasteiger partial charge in [-0.15, -0.1) is 0 Å². The van der Waals surface area contributed by atoms with E-state index in [1.807, 2.05) is 13.8 Å². The van der Waals surface area contributed by atoms with E-state index in [-0.39, 0.29) is 11.8 Å². The van der Waals surface area contributed by atoms with Crippen LogP contribution in [0.25, 0.3) is 11.1 Å². The third-order valence-corrected chi connectivity index (χ3v) is 4.52. The van der Waals surface area contributed by atoms with Crippen LogP contribution in [0.3, 0.4) is 0 Å². The molecule has 0 radical (unpaired) electrons. The first-order valence-corrected chi connectivity index (χ1v) is 8.11. The molecule has 1 fully saturated rings. The molecule has 1 atom stereocenters. The summed E-state index contributed by atoms with van der Waals surface area (Å²) in [7, 11) is 1.49. The van der Waals surface area contributed by atoms with Crippen LogP contribution in [-0.4, -0.2) is 45.1 Å². The van der Waals surface area contributed by atoms with Crippen LogP contribution in [0.5, 0.6) is 0 Å².